The Hall–Kier alpha value is -1.61. The van der Waals surface area contributed by atoms with Crippen molar-refractivity contribution in [3.05, 3.63) is 52.8 Å². The van der Waals surface area contributed by atoms with Crippen molar-refractivity contribution in [1.82, 2.24) is 15.1 Å². The Morgan fingerprint density at radius 2 is 2.05 bits per heavy atom. The Bertz CT molecular complexity index is 584. The van der Waals surface area contributed by atoms with Crippen LogP contribution in [-0.2, 0) is 25.9 Å². The zero-order chi connectivity index (χ0) is 13.9. The predicted molar refractivity (Wildman–Crippen MR) is 81.8 cm³/mol. The second-order valence-electron chi connectivity index (χ2n) is 5.97. The highest BCUT2D eigenvalue weighted by Gasteiger charge is 2.11. The van der Waals surface area contributed by atoms with E-state index in [0.717, 1.165) is 13.1 Å². The van der Waals surface area contributed by atoms with E-state index in [1.54, 1.807) is 0 Å². The lowest BCUT2D eigenvalue weighted by Gasteiger charge is -2.11. The molecule has 0 aliphatic heterocycles. The zero-order valence-electron chi connectivity index (χ0n) is 12.4. The van der Waals surface area contributed by atoms with Crippen LogP contribution in [0.5, 0.6) is 0 Å². The quantitative estimate of drug-likeness (QED) is 0.904. The molecule has 20 heavy (non-hydrogen) atoms. The summed E-state index contributed by atoms with van der Waals surface area (Å²) in [6, 6.07) is 9.52. The first-order chi connectivity index (χ1) is 9.72. The smallest absolute Gasteiger partial charge is 0.0663 e. The molecule has 0 amide bonds. The third-order valence-electron chi connectivity index (χ3n) is 3.99. The normalized spacial score (nSPS) is 13.9. The summed E-state index contributed by atoms with van der Waals surface area (Å²) in [7, 11) is 0. The summed E-state index contributed by atoms with van der Waals surface area (Å²) in [4.78, 5) is 0. The van der Waals surface area contributed by atoms with Crippen LogP contribution in [0.1, 0.15) is 42.7 Å². The van der Waals surface area contributed by atoms with Crippen molar-refractivity contribution >= 4 is 0 Å². The van der Waals surface area contributed by atoms with Gasteiger partial charge in [0.2, 0.25) is 0 Å². The molecular weight excluding hydrogens is 246 g/mol. The van der Waals surface area contributed by atoms with Gasteiger partial charge in [-0.25, -0.2) is 0 Å². The minimum absolute atomic E-state index is 0.498. The Morgan fingerprint density at radius 3 is 2.90 bits per heavy atom. The number of aryl methyl sites for hydroxylation is 2. The number of nitrogens with zero attached hydrogens (tertiary/aromatic N) is 2. The van der Waals surface area contributed by atoms with Gasteiger partial charge >= 0.3 is 0 Å². The average molecular weight is 269 g/mol. The molecule has 1 aliphatic carbocycles. The van der Waals surface area contributed by atoms with Crippen LogP contribution < -0.4 is 5.32 Å². The maximum absolute atomic E-state index is 4.46. The Kier molecular flexibility index (Phi) is 3.88. The van der Waals surface area contributed by atoms with Gasteiger partial charge < -0.3 is 5.32 Å². The molecule has 3 rings (SSSR count). The molecule has 1 aromatic heterocycles. The lowest BCUT2D eigenvalue weighted by molar-refractivity contribution is 0.547. The SMILES string of the molecule is CC(C)NCc1ccnn1Cc1ccc2c(c1)CCC2. The van der Waals surface area contributed by atoms with Crippen LogP contribution >= 0.6 is 0 Å². The van der Waals surface area contributed by atoms with Crippen molar-refractivity contribution in [2.45, 2.75) is 52.2 Å². The lowest BCUT2D eigenvalue weighted by atomic mass is 10.1. The molecule has 1 N–H and O–H groups in total. The standard InChI is InChI=1S/C17H23N3/c1-13(2)18-11-17-8-9-19-20(17)12-14-6-7-15-4-3-5-16(15)10-14/h6-10,13,18H,3-5,11-12H2,1-2H3. The molecule has 1 aromatic carbocycles. The van der Waals surface area contributed by atoms with Crippen molar-refractivity contribution in [2.24, 2.45) is 0 Å². The highest BCUT2D eigenvalue weighted by molar-refractivity contribution is 5.35. The number of rotatable bonds is 5. The van der Waals surface area contributed by atoms with E-state index in [1.807, 2.05) is 6.20 Å². The molecule has 0 spiro atoms. The Labute approximate surface area is 121 Å². The minimum Gasteiger partial charge on any atom is -0.309 e. The van der Waals surface area contributed by atoms with E-state index >= 15 is 0 Å². The van der Waals surface area contributed by atoms with Crippen LogP contribution in [0.3, 0.4) is 0 Å². The molecule has 3 heteroatoms. The van der Waals surface area contributed by atoms with E-state index in [9.17, 15) is 0 Å². The van der Waals surface area contributed by atoms with E-state index in [4.69, 9.17) is 0 Å². The summed E-state index contributed by atoms with van der Waals surface area (Å²) in [5, 5.41) is 7.91. The summed E-state index contributed by atoms with van der Waals surface area (Å²) in [5.74, 6) is 0. The van der Waals surface area contributed by atoms with Gasteiger partial charge in [0.15, 0.2) is 0 Å². The van der Waals surface area contributed by atoms with E-state index in [0.29, 0.717) is 6.04 Å². The maximum Gasteiger partial charge on any atom is 0.0663 e. The molecule has 3 nitrogen and oxygen atoms in total. The monoisotopic (exact) mass is 269 g/mol. The second-order valence-corrected chi connectivity index (χ2v) is 5.97. The average Bonchev–Trinajstić information content (AvgIpc) is 3.04. The third-order valence-corrected chi connectivity index (χ3v) is 3.99. The highest BCUT2D eigenvalue weighted by Crippen LogP contribution is 2.23. The van der Waals surface area contributed by atoms with Crippen molar-refractivity contribution in [3.63, 3.8) is 0 Å². The minimum atomic E-state index is 0.498. The molecule has 106 valence electrons. The van der Waals surface area contributed by atoms with Gasteiger partial charge in [-0.15, -0.1) is 0 Å². The van der Waals surface area contributed by atoms with Crippen LogP contribution in [0, 0.1) is 0 Å². The van der Waals surface area contributed by atoms with Gasteiger partial charge in [-0.2, -0.15) is 5.10 Å². The molecule has 0 bridgehead atoms. The highest BCUT2D eigenvalue weighted by atomic mass is 15.3. The number of hydrogen-bond donors (Lipinski definition) is 1. The summed E-state index contributed by atoms with van der Waals surface area (Å²) < 4.78 is 2.10. The summed E-state index contributed by atoms with van der Waals surface area (Å²) in [6.07, 6.45) is 5.69. The van der Waals surface area contributed by atoms with E-state index in [-0.39, 0.29) is 0 Å². The molecular formula is C17H23N3. The van der Waals surface area contributed by atoms with Gasteiger partial charge in [0.1, 0.15) is 0 Å². The molecule has 0 fully saturated rings. The van der Waals surface area contributed by atoms with Crippen LogP contribution in [0.4, 0.5) is 0 Å². The third kappa shape index (κ3) is 2.93. The van der Waals surface area contributed by atoms with Crippen LogP contribution in [0.15, 0.2) is 30.5 Å². The fourth-order valence-corrected chi connectivity index (χ4v) is 2.86. The topological polar surface area (TPSA) is 29.9 Å². The Morgan fingerprint density at radius 1 is 1.20 bits per heavy atom. The molecule has 0 unspecified atom stereocenters. The number of benzene rings is 1. The molecule has 1 heterocycles. The van der Waals surface area contributed by atoms with Crippen molar-refractivity contribution in [3.8, 4) is 0 Å². The van der Waals surface area contributed by atoms with E-state index in [1.165, 1.54) is 41.6 Å². The summed E-state index contributed by atoms with van der Waals surface area (Å²) >= 11 is 0. The number of nitrogens with one attached hydrogen (secondary N) is 1. The van der Waals surface area contributed by atoms with Gasteiger partial charge in [0.05, 0.1) is 12.2 Å². The second kappa shape index (κ2) is 5.80. The number of hydrogen-bond acceptors (Lipinski definition) is 2. The molecule has 0 saturated carbocycles. The molecule has 2 aromatic rings. The summed E-state index contributed by atoms with van der Waals surface area (Å²) in [6.45, 7) is 6.08. The van der Waals surface area contributed by atoms with Gasteiger partial charge in [0, 0.05) is 18.8 Å². The van der Waals surface area contributed by atoms with Gasteiger partial charge in [-0.3, -0.25) is 4.68 Å². The first-order valence-corrected chi connectivity index (χ1v) is 7.57. The molecule has 0 atom stereocenters. The largest absolute Gasteiger partial charge is 0.309 e. The summed E-state index contributed by atoms with van der Waals surface area (Å²) in [5.41, 5.74) is 5.69. The first kappa shape index (κ1) is 13.4. The fraction of sp³-hybridized carbons (Fsp3) is 0.471. The van der Waals surface area contributed by atoms with Gasteiger partial charge in [-0.1, -0.05) is 32.0 Å². The van der Waals surface area contributed by atoms with Gasteiger partial charge in [0.25, 0.3) is 0 Å². The Balaban J connectivity index is 1.73. The van der Waals surface area contributed by atoms with Crippen LogP contribution in [0.2, 0.25) is 0 Å². The lowest BCUT2D eigenvalue weighted by Crippen LogP contribution is -2.23. The number of aromatic nitrogens is 2. The van der Waals surface area contributed by atoms with Crippen molar-refractivity contribution in [2.75, 3.05) is 0 Å². The van der Waals surface area contributed by atoms with Crippen LogP contribution in [0.25, 0.3) is 0 Å². The molecule has 0 radical (unpaired) electrons. The molecule has 1 aliphatic rings. The molecule has 0 saturated heterocycles. The number of fused-ring (bicyclic) bond motifs is 1. The van der Waals surface area contributed by atoms with Gasteiger partial charge in [-0.05, 0) is 42.0 Å². The van der Waals surface area contributed by atoms with E-state index in [2.05, 4.69) is 53.2 Å². The maximum atomic E-state index is 4.46. The fourth-order valence-electron chi connectivity index (χ4n) is 2.86. The van der Waals surface area contributed by atoms with E-state index < -0.39 is 0 Å². The van der Waals surface area contributed by atoms with Crippen molar-refractivity contribution < 1.29 is 0 Å². The van der Waals surface area contributed by atoms with Crippen molar-refractivity contribution in [1.29, 1.82) is 0 Å². The van der Waals surface area contributed by atoms with Crippen LogP contribution in [-0.4, -0.2) is 15.8 Å². The first-order valence-electron chi connectivity index (χ1n) is 7.57. The predicted octanol–water partition coefficient (Wildman–Crippen LogP) is 2.92. The zero-order valence-corrected chi connectivity index (χ0v) is 12.4.